The number of nitrogens with one attached hydrogen (secondary N) is 2. The van der Waals surface area contributed by atoms with Crippen LogP contribution in [0.25, 0.3) is 0 Å². The standard InChI is InChI=1S/C14H32N4O2/c1-5-15-14(16-8-6-12-19-3)17-9-11-18(2)10-7-13-20-4/h5-13H2,1-4H3,(H2,15,16,17). The number of rotatable bonds is 12. The Morgan fingerprint density at radius 2 is 1.75 bits per heavy atom. The van der Waals surface area contributed by atoms with E-state index in [9.17, 15) is 0 Å². The van der Waals surface area contributed by atoms with Gasteiger partial charge in [0, 0.05) is 60.2 Å². The van der Waals surface area contributed by atoms with Crippen LogP contribution in [0.15, 0.2) is 4.99 Å². The summed E-state index contributed by atoms with van der Waals surface area (Å²) < 4.78 is 10.1. The van der Waals surface area contributed by atoms with Crippen LogP contribution in [0.4, 0.5) is 0 Å². The van der Waals surface area contributed by atoms with E-state index < -0.39 is 0 Å². The number of hydrogen-bond donors (Lipinski definition) is 2. The zero-order valence-corrected chi connectivity index (χ0v) is 13.6. The van der Waals surface area contributed by atoms with Gasteiger partial charge in [0.2, 0.25) is 0 Å². The second-order valence-corrected chi connectivity index (χ2v) is 4.68. The molecule has 0 rings (SSSR count). The molecule has 0 spiro atoms. The third-order valence-corrected chi connectivity index (χ3v) is 2.79. The Labute approximate surface area is 123 Å². The first-order chi connectivity index (χ1) is 9.74. The first-order valence-electron chi connectivity index (χ1n) is 7.43. The fourth-order valence-corrected chi connectivity index (χ4v) is 1.70. The molecule has 0 unspecified atom stereocenters. The van der Waals surface area contributed by atoms with E-state index >= 15 is 0 Å². The van der Waals surface area contributed by atoms with Crippen LogP contribution in [0.3, 0.4) is 0 Å². The average Bonchev–Trinajstić information content (AvgIpc) is 2.44. The molecule has 20 heavy (non-hydrogen) atoms. The number of ether oxygens (including phenoxy) is 2. The summed E-state index contributed by atoms with van der Waals surface area (Å²) in [4.78, 5) is 6.79. The van der Waals surface area contributed by atoms with Gasteiger partial charge in [-0.3, -0.25) is 4.99 Å². The lowest BCUT2D eigenvalue weighted by Gasteiger charge is -2.18. The highest BCUT2D eigenvalue weighted by atomic mass is 16.5. The van der Waals surface area contributed by atoms with Crippen LogP contribution in [0.1, 0.15) is 19.8 Å². The first kappa shape index (κ1) is 19.1. The second-order valence-electron chi connectivity index (χ2n) is 4.68. The van der Waals surface area contributed by atoms with Gasteiger partial charge in [0.1, 0.15) is 0 Å². The van der Waals surface area contributed by atoms with E-state index in [-0.39, 0.29) is 0 Å². The lowest BCUT2D eigenvalue weighted by Crippen LogP contribution is -2.41. The van der Waals surface area contributed by atoms with Gasteiger partial charge in [-0.2, -0.15) is 0 Å². The van der Waals surface area contributed by atoms with Gasteiger partial charge < -0.3 is 25.0 Å². The van der Waals surface area contributed by atoms with Crippen molar-refractivity contribution in [1.82, 2.24) is 15.5 Å². The molecule has 0 aliphatic carbocycles. The van der Waals surface area contributed by atoms with Gasteiger partial charge in [0.05, 0.1) is 0 Å². The molecule has 0 aliphatic rings. The Kier molecular flexibility index (Phi) is 13.9. The summed E-state index contributed by atoms with van der Waals surface area (Å²) in [5.74, 6) is 0.883. The Hall–Kier alpha value is -0.850. The number of aliphatic imine (C=N–C) groups is 1. The molecule has 0 heterocycles. The van der Waals surface area contributed by atoms with E-state index in [0.717, 1.165) is 64.7 Å². The van der Waals surface area contributed by atoms with E-state index in [0.29, 0.717) is 0 Å². The summed E-state index contributed by atoms with van der Waals surface area (Å²) in [6, 6.07) is 0. The van der Waals surface area contributed by atoms with Crippen LogP contribution in [0.2, 0.25) is 0 Å². The molecular formula is C14H32N4O2. The number of likely N-dealkylation sites (N-methyl/N-ethyl adjacent to an activating group) is 1. The quantitative estimate of drug-likeness (QED) is 0.312. The van der Waals surface area contributed by atoms with Crippen molar-refractivity contribution in [2.45, 2.75) is 19.8 Å². The first-order valence-corrected chi connectivity index (χ1v) is 7.43. The zero-order valence-electron chi connectivity index (χ0n) is 13.6. The lowest BCUT2D eigenvalue weighted by atomic mass is 10.4. The number of hydrogen-bond acceptors (Lipinski definition) is 4. The van der Waals surface area contributed by atoms with Crippen LogP contribution >= 0.6 is 0 Å². The van der Waals surface area contributed by atoms with Crippen molar-refractivity contribution in [1.29, 1.82) is 0 Å². The van der Waals surface area contributed by atoms with Crippen molar-refractivity contribution in [3.63, 3.8) is 0 Å². The normalized spacial score (nSPS) is 11.9. The summed E-state index contributed by atoms with van der Waals surface area (Å²) >= 11 is 0. The van der Waals surface area contributed by atoms with Crippen LogP contribution in [-0.4, -0.2) is 78.1 Å². The van der Waals surface area contributed by atoms with E-state index in [2.05, 4.69) is 34.5 Å². The number of guanidine groups is 1. The van der Waals surface area contributed by atoms with Gasteiger partial charge in [-0.05, 0) is 26.8 Å². The third kappa shape index (κ3) is 12.2. The minimum absolute atomic E-state index is 0.755. The second kappa shape index (κ2) is 14.6. The molecule has 120 valence electrons. The number of methoxy groups -OCH3 is 2. The van der Waals surface area contributed by atoms with E-state index in [1.54, 1.807) is 14.2 Å². The molecule has 6 nitrogen and oxygen atoms in total. The van der Waals surface area contributed by atoms with Crippen LogP contribution in [0, 0.1) is 0 Å². The van der Waals surface area contributed by atoms with E-state index in [1.165, 1.54) is 0 Å². The molecule has 0 aromatic heterocycles. The summed E-state index contributed by atoms with van der Waals surface area (Å²) in [6.07, 6.45) is 2.02. The zero-order chi connectivity index (χ0) is 15.1. The van der Waals surface area contributed by atoms with Gasteiger partial charge in [0.15, 0.2) is 5.96 Å². The average molecular weight is 288 g/mol. The highest BCUT2D eigenvalue weighted by Crippen LogP contribution is 1.87. The van der Waals surface area contributed by atoms with Crippen molar-refractivity contribution in [3.05, 3.63) is 0 Å². The van der Waals surface area contributed by atoms with Gasteiger partial charge in [-0.1, -0.05) is 0 Å². The largest absolute Gasteiger partial charge is 0.385 e. The maximum atomic E-state index is 5.05. The molecule has 0 saturated heterocycles. The van der Waals surface area contributed by atoms with Crippen LogP contribution in [-0.2, 0) is 9.47 Å². The van der Waals surface area contributed by atoms with E-state index in [4.69, 9.17) is 9.47 Å². The summed E-state index contributed by atoms with van der Waals surface area (Å²) in [5, 5.41) is 6.59. The van der Waals surface area contributed by atoms with Crippen molar-refractivity contribution in [2.24, 2.45) is 4.99 Å². The summed E-state index contributed by atoms with van der Waals surface area (Å²) in [7, 11) is 5.58. The fraction of sp³-hybridized carbons (Fsp3) is 0.929. The molecule has 0 aromatic rings. The summed E-state index contributed by atoms with van der Waals surface area (Å²) in [5.41, 5.74) is 0. The molecule has 0 radical (unpaired) electrons. The Morgan fingerprint density at radius 3 is 2.40 bits per heavy atom. The van der Waals surface area contributed by atoms with Crippen LogP contribution < -0.4 is 10.6 Å². The van der Waals surface area contributed by atoms with E-state index in [1.807, 2.05) is 0 Å². The number of nitrogens with zero attached hydrogens (tertiary/aromatic N) is 2. The minimum atomic E-state index is 0.755. The highest BCUT2D eigenvalue weighted by Gasteiger charge is 2.00. The molecule has 0 bridgehead atoms. The van der Waals surface area contributed by atoms with Crippen molar-refractivity contribution in [3.8, 4) is 0 Å². The Bertz CT molecular complexity index is 237. The molecular weight excluding hydrogens is 256 g/mol. The molecule has 0 amide bonds. The lowest BCUT2D eigenvalue weighted by molar-refractivity contribution is 0.180. The molecule has 0 aliphatic heterocycles. The smallest absolute Gasteiger partial charge is 0.191 e. The SMILES string of the molecule is CCNC(=NCCCOC)NCCN(C)CCCOC. The molecule has 2 N–H and O–H groups in total. The van der Waals surface area contributed by atoms with Crippen molar-refractivity contribution < 1.29 is 9.47 Å². The van der Waals surface area contributed by atoms with Gasteiger partial charge in [-0.15, -0.1) is 0 Å². The third-order valence-electron chi connectivity index (χ3n) is 2.79. The monoisotopic (exact) mass is 288 g/mol. The van der Waals surface area contributed by atoms with Gasteiger partial charge in [-0.25, -0.2) is 0 Å². The molecule has 0 atom stereocenters. The minimum Gasteiger partial charge on any atom is -0.385 e. The van der Waals surface area contributed by atoms with Gasteiger partial charge >= 0.3 is 0 Å². The van der Waals surface area contributed by atoms with Gasteiger partial charge in [0.25, 0.3) is 0 Å². The fourth-order valence-electron chi connectivity index (χ4n) is 1.70. The maximum Gasteiger partial charge on any atom is 0.191 e. The summed E-state index contributed by atoms with van der Waals surface area (Å²) in [6.45, 7) is 8.24. The Morgan fingerprint density at radius 1 is 1.05 bits per heavy atom. The molecule has 6 heteroatoms. The van der Waals surface area contributed by atoms with Crippen molar-refractivity contribution in [2.75, 3.05) is 67.2 Å². The Balaban J connectivity index is 3.78. The predicted octanol–water partition coefficient (Wildman–Crippen LogP) is 0.546. The molecule has 0 saturated carbocycles. The molecule has 0 aromatic carbocycles. The molecule has 0 fully saturated rings. The van der Waals surface area contributed by atoms with Crippen molar-refractivity contribution >= 4 is 5.96 Å². The topological polar surface area (TPSA) is 58.1 Å². The van der Waals surface area contributed by atoms with Crippen LogP contribution in [0.5, 0.6) is 0 Å². The maximum absolute atomic E-state index is 5.05. The predicted molar refractivity (Wildman–Crippen MR) is 84.5 cm³/mol. The highest BCUT2D eigenvalue weighted by molar-refractivity contribution is 5.79.